The van der Waals surface area contributed by atoms with E-state index in [2.05, 4.69) is 41.5 Å². The Morgan fingerprint density at radius 3 is 1.19 bits per heavy atom. The van der Waals surface area contributed by atoms with Crippen molar-refractivity contribution < 1.29 is 18.4 Å². The van der Waals surface area contributed by atoms with E-state index in [0.717, 1.165) is 11.1 Å². The van der Waals surface area contributed by atoms with Crippen LogP contribution in [0, 0.1) is 0 Å². The molecule has 0 spiro atoms. The molecule has 0 atom stereocenters. The molecule has 0 N–H and O–H groups in total. The highest BCUT2D eigenvalue weighted by atomic mass is 28.3. The van der Waals surface area contributed by atoms with Gasteiger partial charge in [-0.3, -0.25) is 0 Å². The molecule has 27 heavy (non-hydrogen) atoms. The van der Waals surface area contributed by atoms with Crippen LogP contribution in [-0.4, -0.2) is 21.9 Å². The molecule has 0 unspecified atom stereocenters. The zero-order chi connectivity index (χ0) is 20.2. The van der Waals surface area contributed by atoms with Crippen LogP contribution < -0.4 is 0 Å². The van der Waals surface area contributed by atoms with E-state index in [0.29, 0.717) is 11.1 Å². The average molecular weight is 383 g/mol. The van der Waals surface area contributed by atoms with Crippen molar-refractivity contribution in [3.05, 3.63) is 70.8 Å². The van der Waals surface area contributed by atoms with Crippen molar-refractivity contribution in [1.29, 1.82) is 0 Å². The molecule has 2 radical (unpaired) electrons. The summed E-state index contributed by atoms with van der Waals surface area (Å²) in [6.45, 7) is 12.6. The molecule has 2 aromatic carbocycles. The minimum Gasteiger partial charge on any atom is -0.477 e. The van der Waals surface area contributed by atoms with E-state index in [4.69, 9.17) is 8.85 Å². The maximum Gasteiger partial charge on any atom is 0.614 e. The molecule has 2 aromatic rings. The van der Waals surface area contributed by atoms with Crippen LogP contribution in [0.5, 0.6) is 0 Å². The third-order valence-electron chi connectivity index (χ3n) is 4.24. The average Bonchev–Trinajstić information content (AvgIpc) is 2.60. The molecule has 0 bridgehead atoms. The summed E-state index contributed by atoms with van der Waals surface area (Å²) < 4.78 is 10.1. The summed E-state index contributed by atoms with van der Waals surface area (Å²) in [5.41, 5.74) is 3.16. The Bertz CT molecular complexity index is 725. The van der Waals surface area contributed by atoms with Crippen LogP contribution in [0.15, 0.2) is 48.5 Å². The SMILES string of the molecule is CC(C)(C)c1ccc(C(=O)O[Si]OC(=O)c2ccc(C(C)(C)C)cc2)cc1. The minimum absolute atomic E-state index is 0.0161. The van der Waals surface area contributed by atoms with Gasteiger partial charge in [-0.15, -0.1) is 0 Å². The summed E-state index contributed by atoms with van der Waals surface area (Å²) in [6.07, 6.45) is 0. The van der Waals surface area contributed by atoms with Crippen molar-refractivity contribution in [2.75, 3.05) is 0 Å². The van der Waals surface area contributed by atoms with E-state index in [-0.39, 0.29) is 10.8 Å². The third-order valence-corrected chi connectivity index (χ3v) is 4.78. The fourth-order valence-corrected chi connectivity index (χ4v) is 2.86. The number of hydrogen-bond donors (Lipinski definition) is 0. The molecule has 0 aliphatic heterocycles. The summed E-state index contributed by atoms with van der Waals surface area (Å²) in [5, 5.41) is 0. The van der Waals surface area contributed by atoms with Gasteiger partial charge in [0.15, 0.2) is 0 Å². The monoisotopic (exact) mass is 382 g/mol. The predicted octanol–water partition coefficient (Wildman–Crippen LogP) is 4.83. The topological polar surface area (TPSA) is 52.6 Å². The fraction of sp³-hybridized carbons (Fsp3) is 0.364. The lowest BCUT2D eigenvalue weighted by Crippen LogP contribution is -2.17. The minimum atomic E-state index is -0.682. The summed E-state index contributed by atoms with van der Waals surface area (Å²) in [4.78, 5) is 24.1. The first-order chi connectivity index (χ1) is 12.5. The second-order valence-electron chi connectivity index (χ2n) is 8.52. The highest BCUT2D eigenvalue weighted by molar-refractivity contribution is 6.28. The Kier molecular flexibility index (Phi) is 6.26. The summed E-state index contributed by atoms with van der Waals surface area (Å²) >= 11 is 0. The molecule has 4 nitrogen and oxygen atoms in total. The van der Waals surface area contributed by atoms with E-state index in [9.17, 15) is 9.59 Å². The number of carbonyl (C=O) groups is 2. The Morgan fingerprint density at radius 1 is 0.630 bits per heavy atom. The molecule has 0 aliphatic carbocycles. The first kappa shape index (κ1) is 20.9. The van der Waals surface area contributed by atoms with E-state index < -0.39 is 21.9 Å². The van der Waals surface area contributed by atoms with Crippen LogP contribution in [0.4, 0.5) is 0 Å². The van der Waals surface area contributed by atoms with Crippen molar-refractivity contribution in [3.8, 4) is 0 Å². The van der Waals surface area contributed by atoms with Gasteiger partial charge in [-0.05, 0) is 46.2 Å². The lowest BCUT2D eigenvalue weighted by molar-refractivity contribution is 0.0632. The van der Waals surface area contributed by atoms with Gasteiger partial charge in [0.25, 0.3) is 0 Å². The van der Waals surface area contributed by atoms with Gasteiger partial charge >= 0.3 is 21.9 Å². The van der Waals surface area contributed by atoms with Gasteiger partial charge in [-0.25, -0.2) is 9.59 Å². The fourth-order valence-electron chi connectivity index (χ4n) is 2.43. The van der Waals surface area contributed by atoms with Crippen molar-refractivity contribution in [2.24, 2.45) is 0 Å². The Hall–Kier alpha value is -2.40. The highest BCUT2D eigenvalue weighted by Gasteiger charge is 2.18. The molecular weight excluding hydrogens is 356 g/mol. The number of rotatable bonds is 4. The molecule has 0 heterocycles. The molecule has 0 amide bonds. The predicted molar refractivity (Wildman–Crippen MR) is 107 cm³/mol. The lowest BCUT2D eigenvalue weighted by Gasteiger charge is -2.19. The van der Waals surface area contributed by atoms with Gasteiger partial charge in [0.05, 0.1) is 11.1 Å². The normalized spacial score (nSPS) is 11.8. The van der Waals surface area contributed by atoms with Crippen LogP contribution in [0.25, 0.3) is 0 Å². The molecule has 0 fully saturated rings. The quantitative estimate of drug-likeness (QED) is 0.711. The van der Waals surface area contributed by atoms with E-state index in [1.165, 1.54) is 0 Å². The van der Waals surface area contributed by atoms with Crippen molar-refractivity contribution >= 4 is 21.9 Å². The largest absolute Gasteiger partial charge is 0.614 e. The standard InChI is InChI=1S/C22H26O4Si/c1-21(2,3)17-11-7-15(8-12-17)19(23)25-27-26-20(24)16-9-13-18(14-10-16)22(4,5)6/h7-14H,1-6H3. The van der Waals surface area contributed by atoms with Gasteiger partial charge in [0.1, 0.15) is 0 Å². The number of hydrogen-bond acceptors (Lipinski definition) is 4. The molecule has 0 saturated heterocycles. The van der Waals surface area contributed by atoms with Crippen LogP contribution in [0.1, 0.15) is 73.4 Å². The Labute approximate surface area is 164 Å². The summed E-state index contributed by atoms with van der Waals surface area (Å²) in [7, 11) is -0.682. The van der Waals surface area contributed by atoms with Gasteiger partial charge in [-0.2, -0.15) is 0 Å². The smallest absolute Gasteiger partial charge is 0.477 e. The zero-order valence-corrected chi connectivity index (χ0v) is 17.8. The third kappa shape index (κ3) is 5.79. The first-order valence-corrected chi connectivity index (χ1v) is 9.68. The molecule has 142 valence electrons. The van der Waals surface area contributed by atoms with E-state index >= 15 is 0 Å². The van der Waals surface area contributed by atoms with Crippen molar-refractivity contribution in [2.45, 2.75) is 52.4 Å². The van der Waals surface area contributed by atoms with Crippen LogP contribution in [-0.2, 0) is 19.7 Å². The zero-order valence-electron chi connectivity index (χ0n) is 16.8. The summed E-state index contributed by atoms with van der Waals surface area (Å²) in [5.74, 6) is -1.02. The second kappa shape index (κ2) is 8.09. The van der Waals surface area contributed by atoms with Crippen LogP contribution in [0.3, 0.4) is 0 Å². The number of carbonyl (C=O) groups excluding carboxylic acids is 2. The van der Waals surface area contributed by atoms with Crippen molar-refractivity contribution in [3.63, 3.8) is 0 Å². The molecule has 5 heteroatoms. The maximum atomic E-state index is 12.1. The summed E-state index contributed by atoms with van der Waals surface area (Å²) in [6, 6.07) is 14.5. The Morgan fingerprint density at radius 2 is 0.926 bits per heavy atom. The van der Waals surface area contributed by atoms with Gasteiger partial charge < -0.3 is 8.85 Å². The lowest BCUT2D eigenvalue weighted by atomic mass is 9.87. The molecule has 0 aliphatic rings. The second-order valence-corrected chi connectivity index (χ2v) is 9.09. The molecule has 0 aromatic heterocycles. The first-order valence-electron chi connectivity index (χ1n) is 8.87. The molecule has 0 saturated carbocycles. The van der Waals surface area contributed by atoms with E-state index in [1.807, 2.05) is 24.3 Å². The van der Waals surface area contributed by atoms with Gasteiger partial charge in [0, 0.05) is 0 Å². The molecule has 2 rings (SSSR count). The van der Waals surface area contributed by atoms with Gasteiger partial charge in [0.2, 0.25) is 0 Å². The van der Waals surface area contributed by atoms with Gasteiger partial charge in [-0.1, -0.05) is 65.8 Å². The van der Waals surface area contributed by atoms with Crippen LogP contribution >= 0.6 is 0 Å². The number of benzene rings is 2. The van der Waals surface area contributed by atoms with Crippen LogP contribution in [0.2, 0.25) is 0 Å². The molecular formula is C22H26O4Si. The van der Waals surface area contributed by atoms with E-state index in [1.54, 1.807) is 24.3 Å². The maximum absolute atomic E-state index is 12.1. The van der Waals surface area contributed by atoms with Crippen molar-refractivity contribution in [1.82, 2.24) is 0 Å². The Balaban J connectivity index is 1.88. The highest BCUT2D eigenvalue weighted by Crippen LogP contribution is 2.23.